The normalized spacial score (nSPS) is 19.5. The summed E-state index contributed by atoms with van der Waals surface area (Å²) in [6.07, 6.45) is 5.46. The number of likely N-dealkylation sites (tertiary alicyclic amines) is 1. The van der Waals surface area contributed by atoms with Crippen LogP contribution in [-0.4, -0.2) is 44.2 Å². The molecular weight excluding hydrogens is 302 g/mol. The zero-order valence-electron chi connectivity index (χ0n) is 14.3. The number of nitrogens with one attached hydrogen (secondary N) is 1. The Balaban J connectivity index is 1.84. The minimum Gasteiger partial charge on any atom is -0.352 e. The van der Waals surface area contributed by atoms with Crippen molar-refractivity contribution in [2.45, 2.75) is 51.4 Å². The Morgan fingerprint density at radius 2 is 2.12 bits per heavy atom. The Bertz CT molecular complexity index is 641. The summed E-state index contributed by atoms with van der Waals surface area (Å²) >= 11 is 0. The summed E-state index contributed by atoms with van der Waals surface area (Å²) in [6, 6.07) is 10.2. The first kappa shape index (κ1) is 16.6. The zero-order valence-corrected chi connectivity index (χ0v) is 14.3. The van der Waals surface area contributed by atoms with E-state index in [0.29, 0.717) is 0 Å². The van der Waals surface area contributed by atoms with E-state index >= 15 is 0 Å². The van der Waals surface area contributed by atoms with Gasteiger partial charge in [0.05, 0.1) is 6.54 Å². The van der Waals surface area contributed by atoms with Crippen LogP contribution >= 0.6 is 0 Å². The van der Waals surface area contributed by atoms with Crippen molar-refractivity contribution in [2.24, 2.45) is 0 Å². The van der Waals surface area contributed by atoms with E-state index in [9.17, 15) is 4.79 Å². The van der Waals surface area contributed by atoms with Gasteiger partial charge in [0.25, 0.3) is 0 Å². The summed E-state index contributed by atoms with van der Waals surface area (Å²) in [5, 5.41) is 7.30. The van der Waals surface area contributed by atoms with Crippen LogP contribution in [0, 0.1) is 0 Å². The van der Waals surface area contributed by atoms with Crippen molar-refractivity contribution >= 4 is 5.91 Å². The lowest BCUT2D eigenvalue weighted by atomic mass is 10.0. The van der Waals surface area contributed by atoms with Crippen LogP contribution in [0.25, 0.3) is 0 Å². The number of nitrogens with zero attached hydrogens (tertiary/aromatic N) is 4. The molecule has 3 rings (SSSR count). The number of amides is 1. The van der Waals surface area contributed by atoms with Crippen molar-refractivity contribution < 1.29 is 4.79 Å². The molecule has 1 aromatic heterocycles. The van der Waals surface area contributed by atoms with Gasteiger partial charge in [0.2, 0.25) is 5.91 Å². The lowest BCUT2D eigenvalue weighted by Gasteiger charge is -2.33. The van der Waals surface area contributed by atoms with Gasteiger partial charge in [-0.25, -0.2) is 4.98 Å². The summed E-state index contributed by atoms with van der Waals surface area (Å²) in [5.41, 5.74) is 1.04. The molecule has 6 nitrogen and oxygen atoms in total. The van der Waals surface area contributed by atoms with Gasteiger partial charge in [-0.3, -0.25) is 14.4 Å². The third kappa shape index (κ3) is 3.82. The monoisotopic (exact) mass is 327 g/mol. The van der Waals surface area contributed by atoms with Crippen LogP contribution < -0.4 is 5.32 Å². The minimum atomic E-state index is -0.260. The standard InChI is InChI=1S/C18H25N5O/c1-14(2)21-18(24)17(15-7-4-3-5-8-15)23-10-6-9-16(23)11-22-13-19-12-20-22/h3-5,7-8,12-14,16-17H,6,9-11H2,1-2H3,(H,21,24). The van der Waals surface area contributed by atoms with Gasteiger partial charge in [-0.2, -0.15) is 5.10 Å². The Hall–Kier alpha value is -2.21. The topological polar surface area (TPSA) is 63.1 Å². The number of benzene rings is 1. The number of hydrogen-bond donors (Lipinski definition) is 1. The lowest BCUT2D eigenvalue weighted by molar-refractivity contribution is -0.127. The molecular formula is C18H25N5O. The molecule has 2 aromatic rings. The molecule has 0 spiro atoms. The van der Waals surface area contributed by atoms with Gasteiger partial charge >= 0.3 is 0 Å². The van der Waals surface area contributed by atoms with E-state index in [1.54, 1.807) is 12.7 Å². The Morgan fingerprint density at radius 3 is 2.79 bits per heavy atom. The van der Waals surface area contributed by atoms with Gasteiger partial charge < -0.3 is 5.32 Å². The van der Waals surface area contributed by atoms with E-state index in [1.165, 1.54) is 0 Å². The fraction of sp³-hybridized carbons (Fsp3) is 0.500. The van der Waals surface area contributed by atoms with E-state index in [0.717, 1.165) is 31.5 Å². The third-order valence-corrected chi connectivity index (χ3v) is 4.41. The first-order valence-electron chi connectivity index (χ1n) is 8.58. The molecule has 1 aliphatic heterocycles. The molecule has 0 radical (unpaired) electrons. The largest absolute Gasteiger partial charge is 0.352 e. The maximum atomic E-state index is 12.9. The maximum absolute atomic E-state index is 12.9. The first-order valence-corrected chi connectivity index (χ1v) is 8.58. The maximum Gasteiger partial charge on any atom is 0.242 e. The van der Waals surface area contributed by atoms with Gasteiger partial charge in [0.1, 0.15) is 18.7 Å². The van der Waals surface area contributed by atoms with Gasteiger partial charge in [0, 0.05) is 12.1 Å². The van der Waals surface area contributed by atoms with E-state index in [4.69, 9.17) is 0 Å². The molecule has 0 aliphatic carbocycles. The van der Waals surface area contributed by atoms with Crippen molar-refractivity contribution in [1.29, 1.82) is 0 Å². The van der Waals surface area contributed by atoms with Crippen molar-refractivity contribution in [2.75, 3.05) is 6.54 Å². The molecule has 1 saturated heterocycles. The van der Waals surface area contributed by atoms with Crippen molar-refractivity contribution in [1.82, 2.24) is 25.0 Å². The molecule has 0 bridgehead atoms. The fourth-order valence-electron chi connectivity index (χ4n) is 3.43. The molecule has 1 N–H and O–H groups in total. The van der Waals surface area contributed by atoms with Crippen LogP contribution in [0.5, 0.6) is 0 Å². The molecule has 2 heterocycles. The first-order chi connectivity index (χ1) is 11.6. The van der Waals surface area contributed by atoms with Crippen LogP contribution in [0.1, 0.15) is 38.3 Å². The lowest BCUT2D eigenvalue weighted by Crippen LogP contribution is -2.45. The average Bonchev–Trinajstić information content (AvgIpc) is 3.21. The van der Waals surface area contributed by atoms with Gasteiger partial charge in [-0.15, -0.1) is 0 Å². The highest BCUT2D eigenvalue weighted by Crippen LogP contribution is 2.30. The highest BCUT2D eigenvalue weighted by Gasteiger charge is 2.36. The molecule has 1 aromatic carbocycles. The Kier molecular flexibility index (Phi) is 5.25. The van der Waals surface area contributed by atoms with Gasteiger partial charge in [0.15, 0.2) is 0 Å². The quantitative estimate of drug-likeness (QED) is 0.881. The second-order valence-electron chi connectivity index (χ2n) is 6.63. The molecule has 1 amide bonds. The van der Waals surface area contributed by atoms with Crippen molar-refractivity contribution in [3.63, 3.8) is 0 Å². The zero-order chi connectivity index (χ0) is 16.9. The molecule has 0 saturated carbocycles. The number of carbonyl (C=O) groups is 1. The number of rotatable bonds is 6. The predicted octanol–water partition coefficient (Wildman–Crippen LogP) is 2.01. The van der Waals surface area contributed by atoms with Gasteiger partial charge in [-0.05, 0) is 38.8 Å². The summed E-state index contributed by atoms with van der Waals surface area (Å²) < 4.78 is 1.85. The summed E-state index contributed by atoms with van der Waals surface area (Å²) in [5.74, 6) is 0.0710. The van der Waals surface area contributed by atoms with Crippen LogP contribution in [-0.2, 0) is 11.3 Å². The van der Waals surface area contributed by atoms with Crippen molar-refractivity contribution in [3.8, 4) is 0 Å². The number of hydrogen-bond acceptors (Lipinski definition) is 4. The molecule has 128 valence electrons. The van der Waals surface area contributed by atoms with Crippen LogP contribution in [0.4, 0.5) is 0 Å². The second kappa shape index (κ2) is 7.57. The molecule has 1 aliphatic rings. The Labute approximate surface area is 142 Å². The summed E-state index contributed by atoms with van der Waals surface area (Å²) in [4.78, 5) is 19.2. The fourth-order valence-corrected chi connectivity index (χ4v) is 3.43. The van der Waals surface area contributed by atoms with Crippen LogP contribution in [0.15, 0.2) is 43.0 Å². The highest BCUT2D eigenvalue weighted by molar-refractivity contribution is 5.83. The van der Waals surface area contributed by atoms with E-state index in [-0.39, 0.29) is 24.0 Å². The minimum absolute atomic E-state index is 0.0710. The average molecular weight is 327 g/mol. The smallest absolute Gasteiger partial charge is 0.242 e. The molecule has 24 heavy (non-hydrogen) atoms. The van der Waals surface area contributed by atoms with Gasteiger partial charge in [-0.1, -0.05) is 30.3 Å². The molecule has 6 heteroatoms. The third-order valence-electron chi connectivity index (χ3n) is 4.41. The van der Waals surface area contributed by atoms with E-state index < -0.39 is 0 Å². The van der Waals surface area contributed by atoms with Crippen molar-refractivity contribution in [3.05, 3.63) is 48.5 Å². The Morgan fingerprint density at radius 1 is 1.33 bits per heavy atom. The molecule has 2 atom stereocenters. The molecule has 1 fully saturated rings. The number of carbonyl (C=O) groups excluding carboxylic acids is 1. The summed E-state index contributed by atoms with van der Waals surface area (Å²) in [6.45, 7) is 5.68. The predicted molar refractivity (Wildman–Crippen MR) is 92.2 cm³/mol. The van der Waals surface area contributed by atoms with E-state index in [1.807, 2.05) is 48.9 Å². The van der Waals surface area contributed by atoms with Crippen LogP contribution in [0.3, 0.4) is 0 Å². The van der Waals surface area contributed by atoms with Crippen LogP contribution in [0.2, 0.25) is 0 Å². The summed E-state index contributed by atoms with van der Waals surface area (Å²) in [7, 11) is 0. The SMILES string of the molecule is CC(C)NC(=O)C(c1ccccc1)N1CCCC1Cn1cncn1. The van der Waals surface area contributed by atoms with E-state index in [2.05, 4.69) is 20.3 Å². The molecule has 2 unspecified atom stereocenters. The highest BCUT2D eigenvalue weighted by atomic mass is 16.2. The number of aromatic nitrogens is 3. The second-order valence-corrected chi connectivity index (χ2v) is 6.63.